The molecule has 2 aliphatic rings. The second kappa shape index (κ2) is 5.92. The van der Waals surface area contributed by atoms with E-state index in [0.29, 0.717) is 12.3 Å². The molecule has 1 N–H and O–H groups in total. The van der Waals surface area contributed by atoms with Gasteiger partial charge < -0.3 is 10.1 Å². The third-order valence-electron chi connectivity index (χ3n) is 4.55. The molecule has 0 saturated heterocycles. The zero-order chi connectivity index (χ0) is 14.8. The van der Waals surface area contributed by atoms with Crippen molar-refractivity contribution in [3.63, 3.8) is 0 Å². The lowest BCUT2D eigenvalue weighted by Crippen LogP contribution is -2.32. The van der Waals surface area contributed by atoms with E-state index < -0.39 is 0 Å². The summed E-state index contributed by atoms with van der Waals surface area (Å²) in [6.45, 7) is 2.75. The Morgan fingerprint density at radius 1 is 1.43 bits per heavy atom. The SMILES string of the molecule is CCCC(=O)NCC1CC2=c3c1c(OC)ccc3=CCC2. The van der Waals surface area contributed by atoms with Crippen LogP contribution in [0.3, 0.4) is 0 Å². The van der Waals surface area contributed by atoms with Crippen molar-refractivity contribution in [3.8, 4) is 5.75 Å². The molecule has 0 bridgehead atoms. The van der Waals surface area contributed by atoms with Crippen molar-refractivity contribution in [2.24, 2.45) is 0 Å². The molecule has 1 aromatic carbocycles. The third-order valence-corrected chi connectivity index (χ3v) is 4.55. The van der Waals surface area contributed by atoms with Gasteiger partial charge in [0, 0.05) is 24.4 Å². The number of nitrogens with one attached hydrogen (secondary N) is 1. The normalized spacial score (nSPS) is 19.0. The molecular weight excluding hydrogens is 262 g/mol. The number of amides is 1. The van der Waals surface area contributed by atoms with Crippen LogP contribution in [0, 0.1) is 0 Å². The minimum atomic E-state index is 0.157. The maximum atomic E-state index is 11.7. The van der Waals surface area contributed by atoms with Crippen molar-refractivity contribution < 1.29 is 9.53 Å². The van der Waals surface area contributed by atoms with E-state index in [0.717, 1.165) is 38.0 Å². The second-order valence-corrected chi connectivity index (χ2v) is 5.95. The van der Waals surface area contributed by atoms with Crippen molar-refractivity contribution in [3.05, 3.63) is 28.1 Å². The smallest absolute Gasteiger partial charge is 0.220 e. The molecule has 0 aliphatic heterocycles. The molecule has 2 aliphatic carbocycles. The Morgan fingerprint density at radius 3 is 3.05 bits per heavy atom. The van der Waals surface area contributed by atoms with Crippen molar-refractivity contribution in [1.82, 2.24) is 5.32 Å². The van der Waals surface area contributed by atoms with Gasteiger partial charge in [-0.1, -0.05) is 24.6 Å². The quantitative estimate of drug-likeness (QED) is 0.896. The first-order chi connectivity index (χ1) is 10.2. The Kier molecular flexibility index (Phi) is 4.00. The number of rotatable bonds is 5. The fourth-order valence-electron chi connectivity index (χ4n) is 3.62. The Bertz CT molecular complexity index is 675. The minimum Gasteiger partial charge on any atom is -0.496 e. The predicted octanol–water partition coefficient (Wildman–Crippen LogP) is 1.82. The first-order valence-electron chi connectivity index (χ1n) is 7.90. The second-order valence-electron chi connectivity index (χ2n) is 5.95. The van der Waals surface area contributed by atoms with Crippen molar-refractivity contribution in [2.45, 2.75) is 44.9 Å². The maximum Gasteiger partial charge on any atom is 0.220 e. The van der Waals surface area contributed by atoms with Crippen LogP contribution in [-0.2, 0) is 4.79 Å². The summed E-state index contributed by atoms with van der Waals surface area (Å²) in [6.07, 6.45) is 7.16. The Hall–Kier alpha value is -1.77. The number of hydrogen-bond donors (Lipinski definition) is 1. The van der Waals surface area contributed by atoms with Crippen LogP contribution in [0.15, 0.2) is 12.1 Å². The van der Waals surface area contributed by atoms with Gasteiger partial charge in [-0.25, -0.2) is 0 Å². The van der Waals surface area contributed by atoms with E-state index in [9.17, 15) is 4.79 Å². The molecule has 0 heterocycles. The zero-order valence-corrected chi connectivity index (χ0v) is 12.9. The van der Waals surface area contributed by atoms with Gasteiger partial charge in [-0.05, 0) is 42.2 Å². The number of carbonyl (C=O) groups is 1. The minimum absolute atomic E-state index is 0.157. The molecule has 1 atom stereocenters. The van der Waals surface area contributed by atoms with Crippen LogP contribution in [0.25, 0.3) is 11.6 Å². The van der Waals surface area contributed by atoms with Crippen molar-refractivity contribution in [2.75, 3.05) is 13.7 Å². The van der Waals surface area contributed by atoms with E-state index in [-0.39, 0.29) is 5.91 Å². The van der Waals surface area contributed by atoms with Crippen LogP contribution in [0.2, 0.25) is 0 Å². The molecule has 0 fully saturated rings. The monoisotopic (exact) mass is 285 g/mol. The van der Waals surface area contributed by atoms with Crippen LogP contribution in [0.1, 0.15) is 50.5 Å². The molecule has 3 nitrogen and oxygen atoms in total. The molecule has 0 radical (unpaired) electrons. The van der Waals surface area contributed by atoms with Crippen LogP contribution in [-0.4, -0.2) is 19.6 Å². The average Bonchev–Trinajstić information content (AvgIpc) is 2.87. The summed E-state index contributed by atoms with van der Waals surface area (Å²) in [4.78, 5) is 11.7. The summed E-state index contributed by atoms with van der Waals surface area (Å²) < 4.78 is 5.57. The molecule has 21 heavy (non-hydrogen) atoms. The highest BCUT2D eigenvalue weighted by Crippen LogP contribution is 2.35. The van der Waals surface area contributed by atoms with Gasteiger partial charge in [-0.15, -0.1) is 0 Å². The molecule has 3 heteroatoms. The summed E-state index contributed by atoms with van der Waals surface area (Å²) in [5.74, 6) is 1.48. The summed E-state index contributed by atoms with van der Waals surface area (Å²) in [7, 11) is 1.73. The Balaban J connectivity index is 1.90. The standard InChI is InChI=1S/C18H23NO2/c1-3-5-16(20)19-11-14-10-13-7-4-6-12-8-9-15(21-2)18(14)17(12)13/h6,8-9,14H,3-5,7,10-11H2,1-2H3,(H,19,20). The fourth-order valence-corrected chi connectivity index (χ4v) is 3.62. The lowest BCUT2D eigenvalue weighted by atomic mass is 9.98. The van der Waals surface area contributed by atoms with Gasteiger partial charge in [-0.2, -0.15) is 0 Å². The van der Waals surface area contributed by atoms with Gasteiger partial charge in [0.2, 0.25) is 5.91 Å². The number of ether oxygens (including phenoxy) is 1. The topological polar surface area (TPSA) is 38.3 Å². The summed E-state index contributed by atoms with van der Waals surface area (Å²) in [5.41, 5.74) is 2.84. The lowest BCUT2D eigenvalue weighted by molar-refractivity contribution is -0.121. The first kappa shape index (κ1) is 14.2. The molecule has 1 unspecified atom stereocenters. The number of methoxy groups -OCH3 is 1. The molecule has 1 aromatic rings. The summed E-state index contributed by atoms with van der Waals surface area (Å²) in [5, 5.41) is 5.82. The molecule has 1 amide bonds. The number of carbonyl (C=O) groups excluding carboxylic acids is 1. The predicted molar refractivity (Wildman–Crippen MR) is 84.6 cm³/mol. The highest BCUT2D eigenvalue weighted by atomic mass is 16.5. The van der Waals surface area contributed by atoms with Gasteiger partial charge in [0.25, 0.3) is 0 Å². The highest BCUT2D eigenvalue weighted by Gasteiger charge is 2.28. The van der Waals surface area contributed by atoms with Gasteiger partial charge in [0.1, 0.15) is 5.75 Å². The van der Waals surface area contributed by atoms with E-state index in [2.05, 4.69) is 23.5 Å². The molecule has 112 valence electrons. The van der Waals surface area contributed by atoms with Crippen molar-refractivity contribution >= 4 is 17.6 Å². The number of hydrogen-bond acceptors (Lipinski definition) is 2. The first-order valence-corrected chi connectivity index (χ1v) is 7.90. The van der Waals surface area contributed by atoms with E-state index >= 15 is 0 Å². The number of benzene rings is 1. The van der Waals surface area contributed by atoms with Crippen molar-refractivity contribution in [1.29, 1.82) is 0 Å². The molecular formula is C18H23NO2. The maximum absolute atomic E-state index is 11.7. The molecule has 0 saturated carbocycles. The highest BCUT2D eigenvalue weighted by molar-refractivity contribution is 5.76. The average molecular weight is 285 g/mol. The lowest BCUT2D eigenvalue weighted by Gasteiger charge is -2.16. The van der Waals surface area contributed by atoms with E-state index in [1.165, 1.54) is 21.6 Å². The van der Waals surface area contributed by atoms with E-state index in [4.69, 9.17) is 4.74 Å². The van der Waals surface area contributed by atoms with Crippen LogP contribution < -0.4 is 20.5 Å². The molecule has 3 rings (SSSR count). The van der Waals surface area contributed by atoms with E-state index in [1.54, 1.807) is 7.11 Å². The largest absolute Gasteiger partial charge is 0.496 e. The van der Waals surface area contributed by atoms with Crippen LogP contribution in [0.4, 0.5) is 0 Å². The van der Waals surface area contributed by atoms with Crippen LogP contribution >= 0.6 is 0 Å². The Morgan fingerprint density at radius 2 is 2.29 bits per heavy atom. The third kappa shape index (κ3) is 2.57. The van der Waals surface area contributed by atoms with Gasteiger partial charge >= 0.3 is 0 Å². The van der Waals surface area contributed by atoms with Gasteiger partial charge in [-0.3, -0.25) is 4.79 Å². The fraction of sp³-hybridized carbons (Fsp3) is 0.500. The van der Waals surface area contributed by atoms with Gasteiger partial charge in [0.15, 0.2) is 0 Å². The molecule has 0 aromatic heterocycles. The summed E-state index contributed by atoms with van der Waals surface area (Å²) >= 11 is 0. The zero-order valence-electron chi connectivity index (χ0n) is 12.9. The van der Waals surface area contributed by atoms with Crippen LogP contribution in [0.5, 0.6) is 5.75 Å². The van der Waals surface area contributed by atoms with E-state index in [1.807, 2.05) is 6.92 Å². The summed E-state index contributed by atoms with van der Waals surface area (Å²) in [6, 6.07) is 4.23. The van der Waals surface area contributed by atoms with Gasteiger partial charge in [0.05, 0.1) is 7.11 Å². The molecule has 0 spiro atoms. The Labute approximate surface area is 125 Å².